The Morgan fingerprint density at radius 2 is 2.28 bits per heavy atom. The highest BCUT2D eigenvalue weighted by Crippen LogP contribution is 2.30. The van der Waals surface area contributed by atoms with Gasteiger partial charge in [0.2, 0.25) is 0 Å². The van der Waals surface area contributed by atoms with E-state index in [1.165, 1.54) is 17.5 Å². The Kier molecular flexibility index (Phi) is 3.77. The van der Waals surface area contributed by atoms with Crippen molar-refractivity contribution in [2.45, 2.75) is 38.8 Å². The number of nitrogens with zero attached hydrogens (tertiary/aromatic N) is 2. The van der Waals surface area contributed by atoms with Crippen molar-refractivity contribution in [3.63, 3.8) is 0 Å². The Morgan fingerprint density at radius 3 is 2.83 bits per heavy atom. The lowest BCUT2D eigenvalue weighted by Gasteiger charge is -2.19. The quantitative estimate of drug-likeness (QED) is 0.866. The third-order valence-corrected chi connectivity index (χ3v) is 3.59. The normalized spacial score (nSPS) is 15.8. The number of nitrogens with one attached hydrogen (secondary N) is 1. The summed E-state index contributed by atoms with van der Waals surface area (Å²) < 4.78 is 1.97. The second-order valence-corrected chi connectivity index (χ2v) is 6.26. The van der Waals surface area contributed by atoms with Gasteiger partial charge in [-0.05, 0) is 48.5 Å². The highest BCUT2D eigenvalue weighted by Gasteiger charge is 2.23. The lowest BCUT2D eigenvalue weighted by Crippen LogP contribution is -2.31. The van der Waals surface area contributed by atoms with Gasteiger partial charge in [-0.3, -0.25) is 4.79 Å². The predicted molar refractivity (Wildman–Crippen MR) is 73.7 cm³/mol. The Hall–Kier alpha value is -0.880. The van der Waals surface area contributed by atoms with Crippen LogP contribution in [0.1, 0.15) is 26.7 Å². The number of aromatic nitrogens is 2. The Balaban J connectivity index is 2.12. The lowest BCUT2D eigenvalue weighted by atomic mass is 10.1. The zero-order chi connectivity index (χ0) is 13.3. The van der Waals surface area contributed by atoms with Crippen LogP contribution in [-0.2, 0) is 6.54 Å². The zero-order valence-corrected chi connectivity index (χ0v) is 12.2. The predicted octanol–water partition coefficient (Wildman–Crippen LogP) is 1.60. The Morgan fingerprint density at radius 1 is 1.61 bits per heavy atom. The monoisotopic (exact) mass is 315 g/mol. The smallest absolute Gasteiger partial charge is 0.283 e. The molecule has 0 unspecified atom stereocenters. The van der Waals surface area contributed by atoms with Crippen molar-refractivity contribution in [1.29, 1.82) is 0 Å². The summed E-state index contributed by atoms with van der Waals surface area (Å²) >= 11 is 3.29. The van der Waals surface area contributed by atoms with Crippen LogP contribution in [0, 0.1) is 5.92 Å². The van der Waals surface area contributed by atoms with Crippen molar-refractivity contribution in [2.75, 3.05) is 11.9 Å². The lowest BCUT2D eigenvalue weighted by molar-refractivity contribution is 0.0945. The summed E-state index contributed by atoms with van der Waals surface area (Å²) in [6, 6.07) is 0. The van der Waals surface area contributed by atoms with Gasteiger partial charge in [0.15, 0.2) is 0 Å². The molecule has 6 heteroatoms. The molecule has 1 aliphatic carbocycles. The van der Waals surface area contributed by atoms with Gasteiger partial charge in [-0.2, -0.15) is 5.10 Å². The third-order valence-electron chi connectivity index (χ3n) is 2.82. The van der Waals surface area contributed by atoms with E-state index < -0.39 is 5.60 Å². The fourth-order valence-electron chi connectivity index (χ4n) is 1.57. The molecule has 2 N–H and O–H groups in total. The van der Waals surface area contributed by atoms with Crippen LogP contribution < -0.4 is 10.9 Å². The van der Waals surface area contributed by atoms with Gasteiger partial charge in [0.05, 0.1) is 17.5 Å². The first kappa shape index (κ1) is 13.5. The number of hydrogen-bond donors (Lipinski definition) is 2. The van der Waals surface area contributed by atoms with Crippen molar-refractivity contribution < 1.29 is 5.11 Å². The minimum Gasteiger partial charge on any atom is -0.389 e. The van der Waals surface area contributed by atoms with Crippen LogP contribution in [-0.4, -0.2) is 27.0 Å². The largest absolute Gasteiger partial charge is 0.389 e. The van der Waals surface area contributed by atoms with Gasteiger partial charge in [0.1, 0.15) is 4.47 Å². The van der Waals surface area contributed by atoms with Crippen molar-refractivity contribution in [1.82, 2.24) is 9.78 Å². The number of anilines is 1. The van der Waals surface area contributed by atoms with Gasteiger partial charge in [0.25, 0.3) is 5.56 Å². The average Bonchev–Trinajstić information content (AvgIpc) is 3.06. The molecule has 100 valence electrons. The molecule has 0 aliphatic heterocycles. The van der Waals surface area contributed by atoms with Gasteiger partial charge < -0.3 is 10.4 Å². The molecule has 0 spiro atoms. The SMILES string of the molecule is CC(C)(O)CNc1cnn(CC2CC2)c(=O)c1Br. The van der Waals surface area contributed by atoms with E-state index in [0.29, 0.717) is 29.2 Å². The van der Waals surface area contributed by atoms with Gasteiger partial charge >= 0.3 is 0 Å². The maximum Gasteiger partial charge on any atom is 0.283 e. The summed E-state index contributed by atoms with van der Waals surface area (Å²) in [5.74, 6) is 0.609. The van der Waals surface area contributed by atoms with Crippen LogP contribution in [0.5, 0.6) is 0 Å². The van der Waals surface area contributed by atoms with Crippen LogP contribution in [0.4, 0.5) is 5.69 Å². The molecule has 5 nitrogen and oxygen atoms in total. The topological polar surface area (TPSA) is 67.2 Å². The third kappa shape index (κ3) is 3.55. The van der Waals surface area contributed by atoms with E-state index in [9.17, 15) is 9.90 Å². The molecular weight excluding hydrogens is 298 g/mol. The maximum absolute atomic E-state index is 12.0. The highest BCUT2D eigenvalue weighted by atomic mass is 79.9. The molecule has 0 amide bonds. The Labute approximate surface area is 114 Å². The van der Waals surface area contributed by atoms with E-state index in [2.05, 4.69) is 26.3 Å². The van der Waals surface area contributed by atoms with E-state index in [4.69, 9.17) is 0 Å². The van der Waals surface area contributed by atoms with E-state index in [1.807, 2.05) is 0 Å². The zero-order valence-electron chi connectivity index (χ0n) is 10.6. The summed E-state index contributed by atoms with van der Waals surface area (Å²) in [4.78, 5) is 12.0. The van der Waals surface area contributed by atoms with Crippen molar-refractivity contribution in [2.24, 2.45) is 5.92 Å². The number of halogens is 1. The first-order chi connectivity index (χ1) is 8.37. The molecule has 1 aromatic heterocycles. The molecule has 1 fully saturated rings. The molecule has 1 heterocycles. The van der Waals surface area contributed by atoms with E-state index in [1.54, 1.807) is 20.0 Å². The minimum absolute atomic E-state index is 0.123. The number of rotatable bonds is 5. The van der Waals surface area contributed by atoms with Crippen LogP contribution >= 0.6 is 15.9 Å². The Bertz CT molecular complexity index is 489. The summed E-state index contributed by atoms with van der Waals surface area (Å²) in [5.41, 5.74) is -0.334. The van der Waals surface area contributed by atoms with Crippen LogP contribution in [0.2, 0.25) is 0 Å². The fraction of sp³-hybridized carbons (Fsp3) is 0.667. The number of aliphatic hydroxyl groups is 1. The highest BCUT2D eigenvalue weighted by molar-refractivity contribution is 9.10. The van der Waals surface area contributed by atoms with E-state index >= 15 is 0 Å². The van der Waals surface area contributed by atoms with E-state index in [-0.39, 0.29) is 5.56 Å². The first-order valence-electron chi connectivity index (χ1n) is 6.09. The second-order valence-electron chi connectivity index (χ2n) is 5.47. The molecular formula is C12H18BrN3O2. The molecule has 0 aromatic carbocycles. The van der Waals surface area contributed by atoms with Crippen LogP contribution in [0.15, 0.2) is 15.5 Å². The average molecular weight is 316 g/mol. The fourth-order valence-corrected chi connectivity index (χ4v) is 2.02. The van der Waals surface area contributed by atoms with Crippen molar-refractivity contribution >= 4 is 21.6 Å². The summed E-state index contributed by atoms with van der Waals surface area (Å²) in [6.07, 6.45) is 3.99. The van der Waals surface area contributed by atoms with Gasteiger partial charge in [-0.15, -0.1) is 0 Å². The second kappa shape index (κ2) is 5.01. The molecule has 1 saturated carbocycles. The van der Waals surface area contributed by atoms with Crippen molar-refractivity contribution in [3.05, 3.63) is 21.0 Å². The molecule has 1 aromatic rings. The minimum atomic E-state index is -0.831. The summed E-state index contributed by atoms with van der Waals surface area (Å²) in [6.45, 7) is 4.47. The molecule has 0 bridgehead atoms. The van der Waals surface area contributed by atoms with Gasteiger partial charge in [-0.1, -0.05) is 0 Å². The van der Waals surface area contributed by atoms with E-state index in [0.717, 1.165) is 0 Å². The summed E-state index contributed by atoms with van der Waals surface area (Å²) in [5, 5.41) is 16.8. The molecule has 18 heavy (non-hydrogen) atoms. The van der Waals surface area contributed by atoms with Crippen molar-refractivity contribution in [3.8, 4) is 0 Å². The standard InChI is InChI=1S/C12H18BrN3O2/c1-12(2,18)7-14-9-5-15-16(6-8-3-4-8)11(17)10(9)13/h5,8,14,18H,3-4,6-7H2,1-2H3. The van der Waals surface area contributed by atoms with Gasteiger partial charge in [0, 0.05) is 13.1 Å². The van der Waals surface area contributed by atoms with Crippen LogP contribution in [0.25, 0.3) is 0 Å². The van der Waals surface area contributed by atoms with Crippen LogP contribution in [0.3, 0.4) is 0 Å². The molecule has 0 saturated heterocycles. The molecule has 2 rings (SSSR count). The maximum atomic E-state index is 12.0. The molecule has 0 atom stereocenters. The summed E-state index contributed by atoms with van der Waals surface area (Å²) in [7, 11) is 0. The van der Waals surface area contributed by atoms with Gasteiger partial charge in [-0.25, -0.2) is 4.68 Å². The molecule has 0 radical (unpaired) electrons. The number of hydrogen-bond acceptors (Lipinski definition) is 4. The first-order valence-corrected chi connectivity index (χ1v) is 6.88. The molecule has 1 aliphatic rings.